The van der Waals surface area contributed by atoms with Crippen LogP contribution in [0.3, 0.4) is 0 Å². The van der Waals surface area contributed by atoms with Crippen molar-refractivity contribution in [3.05, 3.63) is 29.8 Å². The van der Waals surface area contributed by atoms with Gasteiger partial charge in [0.15, 0.2) is 5.96 Å². The molecular weight excluding hydrogens is 477 g/mol. The number of guanidine groups is 1. The topological polar surface area (TPSA) is 79.8 Å². The van der Waals surface area contributed by atoms with Gasteiger partial charge in [-0.3, -0.25) is 4.99 Å². The third-order valence-electron chi connectivity index (χ3n) is 3.69. The zero-order valence-electron chi connectivity index (χ0n) is 16.8. The lowest BCUT2D eigenvalue weighted by molar-refractivity contribution is 0.317. The number of nitrogens with zero attached hydrogens (tertiary/aromatic N) is 1. The van der Waals surface area contributed by atoms with E-state index in [1.807, 2.05) is 26.0 Å². The molecule has 1 unspecified atom stereocenters. The Hall–Kier alpha value is -1.03. The summed E-state index contributed by atoms with van der Waals surface area (Å²) in [5.41, 5.74) is 1.18. The van der Waals surface area contributed by atoms with Crippen LogP contribution in [0.2, 0.25) is 0 Å². The minimum atomic E-state index is -2.94. The third-order valence-corrected chi connectivity index (χ3v) is 4.67. The Balaban J connectivity index is 0.00000676. The number of ether oxygens (including phenoxy) is 1. The van der Waals surface area contributed by atoms with Crippen LogP contribution < -0.4 is 15.4 Å². The summed E-state index contributed by atoms with van der Waals surface area (Å²) in [5.74, 6) is 1.78. The van der Waals surface area contributed by atoms with Gasteiger partial charge in [-0.2, -0.15) is 0 Å². The SMILES string of the molecule is CCCOc1cccc(CCN=C(NCC)NC(C)CCS(C)(=O)=O)c1.I. The predicted octanol–water partition coefficient (Wildman–Crippen LogP) is 3.01. The number of halogens is 1. The molecule has 6 nitrogen and oxygen atoms in total. The van der Waals surface area contributed by atoms with E-state index in [9.17, 15) is 8.42 Å². The van der Waals surface area contributed by atoms with Gasteiger partial charge in [-0.25, -0.2) is 8.42 Å². The Morgan fingerprint density at radius 2 is 2.04 bits per heavy atom. The Bertz CT molecular complexity index is 666. The zero-order chi connectivity index (χ0) is 19.4. The lowest BCUT2D eigenvalue weighted by Gasteiger charge is -2.17. The molecule has 1 aromatic carbocycles. The molecule has 0 aliphatic heterocycles. The van der Waals surface area contributed by atoms with E-state index in [0.717, 1.165) is 31.7 Å². The van der Waals surface area contributed by atoms with Crippen LogP contribution >= 0.6 is 24.0 Å². The molecule has 0 radical (unpaired) electrons. The molecule has 0 bridgehead atoms. The second-order valence-corrected chi connectivity index (χ2v) is 8.73. The van der Waals surface area contributed by atoms with Crippen molar-refractivity contribution in [3.8, 4) is 5.75 Å². The molecule has 0 aromatic heterocycles. The molecule has 0 amide bonds. The molecule has 8 heteroatoms. The monoisotopic (exact) mass is 511 g/mol. The highest BCUT2D eigenvalue weighted by molar-refractivity contribution is 14.0. The Labute approximate surface area is 181 Å². The maximum absolute atomic E-state index is 11.3. The van der Waals surface area contributed by atoms with Gasteiger partial charge < -0.3 is 15.4 Å². The zero-order valence-corrected chi connectivity index (χ0v) is 20.0. The maximum atomic E-state index is 11.3. The van der Waals surface area contributed by atoms with Crippen LogP contribution in [0.5, 0.6) is 5.75 Å². The van der Waals surface area contributed by atoms with Crippen LogP contribution in [0.25, 0.3) is 0 Å². The summed E-state index contributed by atoms with van der Waals surface area (Å²) >= 11 is 0. The molecule has 156 valence electrons. The molecule has 27 heavy (non-hydrogen) atoms. The molecule has 0 saturated heterocycles. The van der Waals surface area contributed by atoms with Gasteiger partial charge in [0, 0.05) is 25.4 Å². The van der Waals surface area contributed by atoms with E-state index in [0.29, 0.717) is 18.9 Å². The van der Waals surface area contributed by atoms with Gasteiger partial charge in [-0.1, -0.05) is 19.1 Å². The highest BCUT2D eigenvalue weighted by Gasteiger charge is 2.09. The quantitative estimate of drug-likeness (QED) is 0.271. The van der Waals surface area contributed by atoms with E-state index >= 15 is 0 Å². The summed E-state index contributed by atoms with van der Waals surface area (Å²) < 4.78 is 28.2. The first kappa shape index (κ1) is 26.0. The van der Waals surface area contributed by atoms with E-state index in [2.05, 4.69) is 34.7 Å². The summed E-state index contributed by atoms with van der Waals surface area (Å²) in [6, 6.07) is 8.13. The van der Waals surface area contributed by atoms with E-state index < -0.39 is 9.84 Å². The second kappa shape index (κ2) is 14.0. The fourth-order valence-electron chi connectivity index (χ4n) is 2.32. The van der Waals surface area contributed by atoms with Gasteiger partial charge in [0.1, 0.15) is 15.6 Å². The lowest BCUT2D eigenvalue weighted by Crippen LogP contribution is -2.43. The molecule has 1 aromatic rings. The van der Waals surface area contributed by atoms with Crippen molar-refractivity contribution < 1.29 is 13.2 Å². The largest absolute Gasteiger partial charge is 0.494 e. The van der Waals surface area contributed by atoms with Crippen molar-refractivity contribution in [2.75, 3.05) is 31.7 Å². The average Bonchev–Trinajstić information content (AvgIpc) is 2.58. The molecule has 0 aliphatic carbocycles. The lowest BCUT2D eigenvalue weighted by atomic mass is 10.1. The van der Waals surface area contributed by atoms with Gasteiger partial charge in [0.2, 0.25) is 0 Å². The normalized spacial score (nSPS) is 12.8. The smallest absolute Gasteiger partial charge is 0.191 e. The van der Waals surface area contributed by atoms with Crippen molar-refractivity contribution in [2.45, 2.75) is 46.1 Å². The summed E-state index contributed by atoms with van der Waals surface area (Å²) in [6.07, 6.45) is 3.62. The van der Waals surface area contributed by atoms with Crippen LogP contribution in [-0.4, -0.2) is 52.1 Å². The van der Waals surface area contributed by atoms with E-state index in [1.54, 1.807) is 0 Å². The second-order valence-electron chi connectivity index (χ2n) is 6.47. The van der Waals surface area contributed by atoms with E-state index in [-0.39, 0.29) is 35.8 Å². The van der Waals surface area contributed by atoms with Crippen molar-refractivity contribution in [1.29, 1.82) is 0 Å². The predicted molar refractivity (Wildman–Crippen MR) is 124 cm³/mol. The first-order chi connectivity index (χ1) is 12.3. The van der Waals surface area contributed by atoms with E-state index in [1.165, 1.54) is 11.8 Å². The van der Waals surface area contributed by atoms with Crippen LogP contribution in [0, 0.1) is 0 Å². The van der Waals surface area contributed by atoms with Crippen LogP contribution in [-0.2, 0) is 16.3 Å². The van der Waals surface area contributed by atoms with Crippen molar-refractivity contribution >= 4 is 39.8 Å². The molecule has 0 aliphatic rings. The van der Waals surface area contributed by atoms with Crippen LogP contribution in [0.1, 0.15) is 39.2 Å². The third kappa shape index (κ3) is 12.9. The first-order valence-corrected chi connectivity index (χ1v) is 11.3. The fraction of sp³-hybridized carbons (Fsp3) is 0.632. The molecule has 1 rings (SSSR count). The van der Waals surface area contributed by atoms with Crippen molar-refractivity contribution in [1.82, 2.24) is 10.6 Å². The number of aliphatic imine (C=N–C) groups is 1. The summed E-state index contributed by atoms with van der Waals surface area (Å²) in [7, 11) is -2.94. The molecule has 0 spiro atoms. The number of rotatable bonds is 11. The van der Waals surface area contributed by atoms with Crippen molar-refractivity contribution in [3.63, 3.8) is 0 Å². The number of nitrogens with one attached hydrogen (secondary N) is 2. The van der Waals surface area contributed by atoms with Crippen LogP contribution in [0.15, 0.2) is 29.3 Å². The minimum absolute atomic E-state index is 0. The summed E-state index contributed by atoms with van der Waals surface area (Å²) in [6.45, 7) is 8.18. The first-order valence-electron chi connectivity index (χ1n) is 9.28. The molecule has 0 saturated carbocycles. The van der Waals surface area contributed by atoms with Gasteiger partial charge in [-0.15, -0.1) is 24.0 Å². The Morgan fingerprint density at radius 3 is 2.67 bits per heavy atom. The number of hydrogen-bond donors (Lipinski definition) is 2. The fourth-order valence-corrected chi connectivity index (χ4v) is 3.11. The van der Waals surface area contributed by atoms with Gasteiger partial charge in [0.25, 0.3) is 0 Å². The molecule has 0 heterocycles. The molecule has 2 N–H and O–H groups in total. The Kier molecular flexibility index (Phi) is 13.5. The molecule has 1 atom stereocenters. The highest BCUT2D eigenvalue weighted by atomic mass is 127. The van der Waals surface area contributed by atoms with E-state index in [4.69, 9.17) is 4.74 Å². The van der Waals surface area contributed by atoms with Gasteiger partial charge in [-0.05, 0) is 50.8 Å². The van der Waals surface area contributed by atoms with Crippen LogP contribution in [0.4, 0.5) is 0 Å². The highest BCUT2D eigenvalue weighted by Crippen LogP contribution is 2.14. The van der Waals surface area contributed by atoms with Gasteiger partial charge >= 0.3 is 0 Å². The number of benzene rings is 1. The number of sulfone groups is 1. The standard InChI is InChI=1S/C19H33N3O3S.HI/c1-5-13-25-18-9-7-8-17(15-18)10-12-21-19(20-6-2)22-16(3)11-14-26(4,23)24;/h7-9,15-16H,5-6,10-14H2,1-4H3,(H2,20,21,22);1H. The molecule has 0 fully saturated rings. The summed E-state index contributed by atoms with van der Waals surface area (Å²) in [5, 5.41) is 6.47. The van der Waals surface area contributed by atoms with Crippen molar-refractivity contribution in [2.24, 2.45) is 4.99 Å². The molecular formula is C19H34IN3O3S. The summed E-state index contributed by atoms with van der Waals surface area (Å²) in [4.78, 5) is 4.59. The maximum Gasteiger partial charge on any atom is 0.191 e. The minimum Gasteiger partial charge on any atom is -0.494 e. The Morgan fingerprint density at radius 1 is 1.30 bits per heavy atom. The average molecular weight is 511 g/mol. The van der Waals surface area contributed by atoms with Gasteiger partial charge in [0.05, 0.1) is 12.4 Å². The number of hydrogen-bond acceptors (Lipinski definition) is 4.